The van der Waals surface area contributed by atoms with Crippen LogP contribution in [0.5, 0.6) is 0 Å². The van der Waals surface area contributed by atoms with Crippen LogP contribution in [0.3, 0.4) is 0 Å². The van der Waals surface area contributed by atoms with Crippen LogP contribution in [-0.2, 0) is 19.1 Å². The Bertz CT molecular complexity index is 245. The minimum atomic E-state index is -1.01. The highest BCUT2D eigenvalue weighted by atomic mass is 19.1. The highest BCUT2D eigenvalue weighted by Gasteiger charge is 2.27. The molecule has 0 rings (SSSR count). The lowest BCUT2D eigenvalue weighted by molar-refractivity contribution is -0.175. The van der Waals surface area contributed by atoms with Crippen LogP contribution in [0.15, 0.2) is 0 Å². The van der Waals surface area contributed by atoms with Gasteiger partial charge in [-0.2, -0.15) is 0 Å². The Kier molecular flexibility index (Phi) is 6.00. The molecule has 0 aliphatic heterocycles. The summed E-state index contributed by atoms with van der Waals surface area (Å²) in [5.41, 5.74) is -0.648. The van der Waals surface area contributed by atoms with E-state index in [2.05, 4.69) is 0 Å². The van der Waals surface area contributed by atoms with E-state index < -0.39 is 30.3 Å². The molecule has 0 spiro atoms. The van der Waals surface area contributed by atoms with Gasteiger partial charge in [0.15, 0.2) is 6.10 Å². The van der Waals surface area contributed by atoms with Gasteiger partial charge in [0.2, 0.25) is 0 Å². The van der Waals surface area contributed by atoms with Gasteiger partial charge in [0.25, 0.3) is 0 Å². The van der Waals surface area contributed by atoms with Gasteiger partial charge < -0.3 is 9.47 Å². The number of esters is 2. The van der Waals surface area contributed by atoms with Crippen LogP contribution in [0.4, 0.5) is 4.39 Å². The van der Waals surface area contributed by atoms with Crippen molar-refractivity contribution in [3.05, 3.63) is 0 Å². The third-order valence-corrected chi connectivity index (χ3v) is 1.58. The Morgan fingerprint density at radius 3 is 2.25 bits per heavy atom. The molecule has 4 nitrogen and oxygen atoms in total. The molecule has 0 radical (unpaired) electrons. The summed E-state index contributed by atoms with van der Waals surface area (Å²) in [6.07, 6.45) is -0.699. The Hall–Kier alpha value is -1.13. The molecule has 0 fully saturated rings. The molecule has 0 amide bonds. The standard InChI is InChI=1S/C11H19FO4/c1-8(13)15-9(6-5-7-12)10(14)16-11(2,3)4/h9H,5-7H2,1-4H3/t9-/m0/s1. The lowest BCUT2D eigenvalue weighted by atomic mass is 10.1. The van der Waals surface area contributed by atoms with E-state index in [0.717, 1.165) is 0 Å². The van der Waals surface area contributed by atoms with Crippen LogP contribution in [0.25, 0.3) is 0 Å². The van der Waals surface area contributed by atoms with Crippen LogP contribution in [0.1, 0.15) is 40.5 Å². The van der Waals surface area contributed by atoms with E-state index in [1.807, 2.05) is 0 Å². The number of halogens is 1. The third-order valence-electron chi connectivity index (χ3n) is 1.58. The molecule has 0 aliphatic carbocycles. The predicted octanol–water partition coefficient (Wildman–Crippen LogP) is 2.01. The maximum Gasteiger partial charge on any atom is 0.347 e. The van der Waals surface area contributed by atoms with Gasteiger partial charge >= 0.3 is 11.9 Å². The van der Waals surface area contributed by atoms with E-state index >= 15 is 0 Å². The van der Waals surface area contributed by atoms with Crippen molar-refractivity contribution in [2.75, 3.05) is 6.67 Å². The molecule has 5 heteroatoms. The number of rotatable bonds is 5. The Morgan fingerprint density at radius 2 is 1.88 bits per heavy atom. The first kappa shape index (κ1) is 14.9. The smallest absolute Gasteiger partial charge is 0.347 e. The summed E-state index contributed by atoms with van der Waals surface area (Å²) in [4.78, 5) is 22.3. The summed E-state index contributed by atoms with van der Waals surface area (Å²) in [5, 5.41) is 0. The second-order valence-corrected chi connectivity index (χ2v) is 4.46. The summed E-state index contributed by atoms with van der Waals surface area (Å²) in [7, 11) is 0. The van der Waals surface area contributed by atoms with E-state index in [9.17, 15) is 14.0 Å². The average molecular weight is 234 g/mol. The molecule has 16 heavy (non-hydrogen) atoms. The third kappa shape index (κ3) is 7.20. The van der Waals surface area contributed by atoms with Crippen molar-refractivity contribution >= 4 is 11.9 Å². The predicted molar refractivity (Wildman–Crippen MR) is 56.6 cm³/mol. The fourth-order valence-corrected chi connectivity index (χ4v) is 1.06. The minimum absolute atomic E-state index is 0.144. The second-order valence-electron chi connectivity index (χ2n) is 4.46. The van der Waals surface area contributed by atoms with Crippen molar-refractivity contribution in [2.45, 2.75) is 52.2 Å². The Labute approximate surface area is 95.1 Å². The van der Waals surface area contributed by atoms with Crippen molar-refractivity contribution in [3.63, 3.8) is 0 Å². The highest BCUT2D eigenvalue weighted by molar-refractivity contribution is 5.78. The maximum atomic E-state index is 12.0. The van der Waals surface area contributed by atoms with Gasteiger partial charge in [0.05, 0.1) is 6.67 Å². The topological polar surface area (TPSA) is 52.6 Å². The van der Waals surface area contributed by atoms with Crippen LogP contribution in [-0.4, -0.2) is 30.3 Å². The molecular weight excluding hydrogens is 215 g/mol. The molecule has 1 atom stereocenters. The number of alkyl halides is 1. The molecule has 0 unspecified atom stereocenters. The lowest BCUT2D eigenvalue weighted by Crippen LogP contribution is -2.34. The first-order valence-electron chi connectivity index (χ1n) is 5.22. The lowest BCUT2D eigenvalue weighted by Gasteiger charge is -2.23. The van der Waals surface area contributed by atoms with E-state index in [-0.39, 0.29) is 12.8 Å². The van der Waals surface area contributed by atoms with Gasteiger partial charge in [-0.1, -0.05) is 0 Å². The van der Waals surface area contributed by atoms with Crippen LogP contribution < -0.4 is 0 Å². The zero-order valence-electron chi connectivity index (χ0n) is 10.2. The highest BCUT2D eigenvalue weighted by Crippen LogP contribution is 2.13. The van der Waals surface area contributed by atoms with Gasteiger partial charge in [0, 0.05) is 6.92 Å². The van der Waals surface area contributed by atoms with Crippen LogP contribution in [0.2, 0.25) is 0 Å². The van der Waals surface area contributed by atoms with Crippen molar-refractivity contribution in [3.8, 4) is 0 Å². The summed E-state index contributed by atoms with van der Waals surface area (Å²) in [6.45, 7) is 5.79. The molecule has 0 aromatic carbocycles. The van der Waals surface area contributed by atoms with Gasteiger partial charge in [-0.15, -0.1) is 0 Å². The molecule has 0 bridgehead atoms. The van der Waals surface area contributed by atoms with Crippen molar-refractivity contribution in [2.24, 2.45) is 0 Å². The molecule has 0 aromatic heterocycles. The zero-order valence-corrected chi connectivity index (χ0v) is 10.2. The zero-order chi connectivity index (χ0) is 12.8. The van der Waals surface area contributed by atoms with Gasteiger partial charge in [0.1, 0.15) is 5.60 Å². The molecule has 94 valence electrons. The largest absolute Gasteiger partial charge is 0.457 e. The quantitative estimate of drug-likeness (QED) is 0.683. The molecule has 0 saturated carbocycles. The number of hydrogen-bond acceptors (Lipinski definition) is 4. The summed E-state index contributed by atoms with van der Waals surface area (Å²) >= 11 is 0. The van der Waals surface area contributed by atoms with E-state index in [1.54, 1.807) is 20.8 Å². The first-order chi connectivity index (χ1) is 7.26. The first-order valence-corrected chi connectivity index (χ1v) is 5.22. The Morgan fingerprint density at radius 1 is 1.31 bits per heavy atom. The Balaban J connectivity index is 4.37. The summed E-state index contributed by atoms with van der Waals surface area (Å²) in [6, 6.07) is 0. The SMILES string of the molecule is CC(=O)O[C@@H](CCCF)C(=O)OC(C)(C)C. The second kappa shape index (κ2) is 6.45. The van der Waals surface area contributed by atoms with Crippen molar-refractivity contribution in [1.29, 1.82) is 0 Å². The number of hydrogen-bond donors (Lipinski definition) is 0. The normalized spacial score (nSPS) is 13.1. The fraction of sp³-hybridized carbons (Fsp3) is 0.818. The number of carbonyl (C=O) groups excluding carboxylic acids is 2. The van der Waals surface area contributed by atoms with Gasteiger partial charge in [-0.3, -0.25) is 9.18 Å². The van der Waals surface area contributed by atoms with E-state index in [4.69, 9.17) is 9.47 Å². The van der Waals surface area contributed by atoms with Gasteiger partial charge in [-0.25, -0.2) is 4.79 Å². The molecule has 0 aromatic rings. The van der Waals surface area contributed by atoms with E-state index in [1.165, 1.54) is 6.92 Å². The summed E-state index contributed by atoms with van der Waals surface area (Å²) < 4.78 is 21.8. The fourth-order valence-electron chi connectivity index (χ4n) is 1.06. The molecule has 0 aliphatic rings. The summed E-state index contributed by atoms with van der Waals surface area (Å²) in [5.74, 6) is -1.20. The molecular formula is C11H19FO4. The van der Waals surface area contributed by atoms with Gasteiger partial charge in [-0.05, 0) is 33.6 Å². The molecule has 0 N–H and O–H groups in total. The van der Waals surface area contributed by atoms with Crippen LogP contribution in [0, 0.1) is 0 Å². The molecule has 0 heterocycles. The minimum Gasteiger partial charge on any atom is -0.457 e. The maximum absolute atomic E-state index is 12.0. The van der Waals surface area contributed by atoms with Crippen molar-refractivity contribution in [1.82, 2.24) is 0 Å². The monoisotopic (exact) mass is 234 g/mol. The number of ether oxygens (including phenoxy) is 2. The molecule has 0 saturated heterocycles. The van der Waals surface area contributed by atoms with Crippen molar-refractivity contribution < 1.29 is 23.5 Å². The average Bonchev–Trinajstić information content (AvgIpc) is 2.08. The van der Waals surface area contributed by atoms with E-state index in [0.29, 0.717) is 0 Å². The number of carbonyl (C=O) groups is 2. The van der Waals surface area contributed by atoms with Crippen LogP contribution >= 0.6 is 0 Å².